The van der Waals surface area contributed by atoms with Crippen LogP contribution in [0.1, 0.15) is 18.3 Å². The number of rotatable bonds is 1. The first kappa shape index (κ1) is 9.32. The van der Waals surface area contributed by atoms with Gasteiger partial charge in [-0.15, -0.1) is 0 Å². The van der Waals surface area contributed by atoms with Gasteiger partial charge in [-0.1, -0.05) is 0 Å². The zero-order valence-corrected chi connectivity index (χ0v) is 8.81. The Labute approximate surface area is 87.5 Å². The largest absolute Gasteiger partial charge is 0.336 e. The lowest BCUT2D eigenvalue weighted by Gasteiger charge is -2.06. The first-order valence-corrected chi connectivity index (χ1v) is 4.96. The molecule has 0 saturated carbocycles. The van der Waals surface area contributed by atoms with Crippen molar-refractivity contribution in [3.05, 3.63) is 15.7 Å². The molecule has 1 saturated heterocycles. The number of hydrogen-bond donors (Lipinski definition) is 2. The molecule has 1 aliphatic heterocycles. The molecule has 0 aliphatic carbocycles. The number of aromatic nitrogens is 2. The first-order chi connectivity index (χ1) is 6.07. The summed E-state index contributed by atoms with van der Waals surface area (Å²) in [6.45, 7) is -0.255. The Morgan fingerprint density at radius 3 is 2.85 bits per heavy atom. The van der Waals surface area contributed by atoms with Gasteiger partial charge in [-0.2, -0.15) is 0 Å². The zero-order valence-electron chi connectivity index (χ0n) is 6.65. The van der Waals surface area contributed by atoms with Gasteiger partial charge < -0.3 is 10.3 Å². The topological polar surface area (TPSA) is 40.7 Å². The third-order valence-electron chi connectivity index (χ3n) is 2.00. The number of nitrogens with one attached hydrogen (secondary N) is 2. The summed E-state index contributed by atoms with van der Waals surface area (Å²) < 4.78 is 26.4. The molecule has 0 amide bonds. The number of alkyl halides is 2. The van der Waals surface area contributed by atoms with Crippen molar-refractivity contribution in [1.82, 2.24) is 15.3 Å². The fourth-order valence-electron chi connectivity index (χ4n) is 1.40. The fraction of sp³-hybridized carbons (Fsp3) is 0.571. The molecule has 0 unspecified atom stereocenters. The maximum Gasteiger partial charge on any atom is 0.262 e. The molecule has 2 N–H and O–H groups in total. The number of H-pyrrole nitrogens is 1. The highest BCUT2D eigenvalue weighted by atomic mass is 127. The average Bonchev–Trinajstić information content (AvgIpc) is 2.56. The van der Waals surface area contributed by atoms with Crippen molar-refractivity contribution in [3.8, 4) is 0 Å². The smallest absolute Gasteiger partial charge is 0.262 e. The average molecular weight is 299 g/mol. The van der Waals surface area contributed by atoms with Crippen molar-refractivity contribution in [2.75, 3.05) is 6.54 Å². The molecule has 1 aliphatic rings. The Kier molecular flexibility index (Phi) is 2.26. The van der Waals surface area contributed by atoms with Gasteiger partial charge in [0, 0.05) is 6.42 Å². The Balaban J connectivity index is 2.12. The van der Waals surface area contributed by atoms with Crippen LogP contribution in [0.15, 0.2) is 6.20 Å². The summed E-state index contributed by atoms with van der Waals surface area (Å²) in [4.78, 5) is 6.94. The van der Waals surface area contributed by atoms with Gasteiger partial charge in [0.1, 0.15) is 5.82 Å². The molecule has 1 atom stereocenters. The molecule has 3 nitrogen and oxygen atoms in total. The second kappa shape index (κ2) is 3.16. The van der Waals surface area contributed by atoms with E-state index >= 15 is 0 Å². The van der Waals surface area contributed by atoms with Gasteiger partial charge in [0.15, 0.2) is 0 Å². The van der Waals surface area contributed by atoms with Crippen LogP contribution in [0.5, 0.6) is 0 Å². The lowest BCUT2D eigenvalue weighted by Crippen LogP contribution is -2.19. The van der Waals surface area contributed by atoms with Gasteiger partial charge >= 0.3 is 0 Å². The Morgan fingerprint density at radius 2 is 2.38 bits per heavy atom. The minimum Gasteiger partial charge on any atom is -0.336 e. The quantitative estimate of drug-likeness (QED) is 0.775. The van der Waals surface area contributed by atoms with Gasteiger partial charge in [0.2, 0.25) is 0 Å². The van der Waals surface area contributed by atoms with Gasteiger partial charge in [-0.25, -0.2) is 13.8 Å². The van der Waals surface area contributed by atoms with Crippen LogP contribution in [0.3, 0.4) is 0 Å². The normalized spacial score (nSPS) is 26.5. The predicted octanol–water partition coefficient (Wildman–Crippen LogP) is 1.68. The molecule has 2 heterocycles. The molecule has 1 aromatic heterocycles. The Bertz CT molecular complexity index is 312. The Morgan fingerprint density at radius 1 is 1.62 bits per heavy atom. The molecule has 2 rings (SSSR count). The van der Waals surface area contributed by atoms with Crippen molar-refractivity contribution in [2.24, 2.45) is 0 Å². The molecule has 0 aromatic carbocycles. The summed E-state index contributed by atoms with van der Waals surface area (Å²) in [7, 11) is 0. The van der Waals surface area contributed by atoms with Crippen molar-refractivity contribution in [2.45, 2.75) is 18.4 Å². The summed E-state index contributed by atoms with van der Waals surface area (Å²) in [5.41, 5.74) is 0. The summed E-state index contributed by atoms with van der Waals surface area (Å²) in [6, 6.07) is -0.335. The van der Waals surface area contributed by atoms with E-state index in [1.54, 1.807) is 6.20 Å². The highest BCUT2D eigenvalue weighted by molar-refractivity contribution is 14.1. The van der Waals surface area contributed by atoms with Gasteiger partial charge in [0.05, 0.1) is 22.5 Å². The molecule has 72 valence electrons. The SMILES string of the molecule is FC1(F)CN[C@H](c2ncc(I)[nH]2)C1. The van der Waals surface area contributed by atoms with Crippen molar-refractivity contribution in [3.63, 3.8) is 0 Å². The second-order valence-corrected chi connectivity index (χ2v) is 4.27. The summed E-state index contributed by atoms with van der Waals surface area (Å²) in [6.07, 6.45) is 1.46. The summed E-state index contributed by atoms with van der Waals surface area (Å²) in [5.74, 6) is -2.00. The standard InChI is InChI=1S/C7H8F2IN3/c8-7(9)1-4(12-3-7)6-11-2-5(10)13-6/h2,4,12H,1,3H2,(H,11,13)/t4-/m0/s1. The number of nitrogens with zero attached hydrogens (tertiary/aromatic N) is 1. The van der Waals surface area contributed by atoms with E-state index in [0.717, 1.165) is 3.70 Å². The number of aromatic amines is 1. The van der Waals surface area contributed by atoms with Gasteiger partial charge in [-0.05, 0) is 22.6 Å². The molecule has 6 heteroatoms. The second-order valence-electron chi connectivity index (χ2n) is 3.11. The minimum absolute atomic E-state index is 0.170. The predicted molar refractivity (Wildman–Crippen MR) is 51.6 cm³/mol. The molecule has 0 bridgehead atoms. The highest BCUT2D eigenvalue weighted by Gasteiger charge is 2.40. The molecule has 13 heavy (non-hydrogen) atoms. The van der Waals surface area contributed by atoms with Gasteiger partial charge in [-0.3, -0.25) is 0 Å². The summed E-state index contributed by atoms with van der Waals surface area (Å²) in [5, 5.41) is 2.73. The maximum absolute atomic E-state index is 12.8. The van der Waals surface area contributed by atoms with Crippen molar-refractivity contribution in [1.29, 1.82) is 0 Å². The van der Waals surface area contributed by atoms with Crippen LogP contribution in [0.2, 0.25) is 0 Å². The monoisotopic (exact) mass is 299 g/mol. The van der Waals surface area contributed by atoms with Crippen molar-refractivity contribution >= 4 is 22.6 Å². The third kappa shape index (κ3) is 1.98. The Hall–Kier alpha value is -0.240. The van der Waals surface area contributed by atoms with E-state index in [-0.39, 0.29) is 19.0 Å². The van der Waals surface area contributed by atoms with E-state index in [1.807, 2.05) is 0 Å². The van der Waals surface area contributed by atoms with Crippen molar-refractivity contribution < 1.29 is 8.78 Å². The van der Waals surface area contributed by atoms with Crippen LogP contribution in [0.25, 0.3) is 0 Å². The van der Waals surface area contributed by atoms with E-state index in [1.165, 1.54) is 0 Å². The van der Waals surface area contributed by atoms with Crippen LogP contribution in [-0.2, 0) is 0 Å². The molecule has 0 radical (unpaired) electrons. The third-order valence-corrected chi connectivity index (χ3v) is 2.55. The molecule has 1 aromatic rings. The minimum atomic E-state index is -2.59. The van der Waals surface area contributed by atoms with Crippen LogP contribution in [0, 0.1) is 3.70 Å². The lowest BCUT2D eigenvalue weighted by molar-refractivity contribution is 0.0208. The fourth-order valence-corrected chi connectivity index (χ4v) is 1.81. The molecular weight excluding hydrogens is 291 g/mol. The van der Waals surface area contributed by atoms with Crippen LogP contribution in [-0.4, -0.2) is 22.4 Å². The van der Waals surface area contributed by atoms with E-state index in [9.17, 15) is 8.78 Å². The molecular formula is C7H8F2IN3. The van der Waals surface area contributed by atoms with Crippen LogP contribution >= 0.6 is 22.6 Å². The maximum atomic E-state index is 12.8. The van der Waals surface area contributed by atoms with E-state index in [4.69, 9.17) is 0 Å². The van der Waals surface area contributed by atoms with Crippen LogP contribution in [0.4, 0.5) is 8.78 Å². The number of halogens is 3. The lowest BCUT2D eigenvalue weighted by atomic mass is 10.2. The highest BCUT2D eigenvalue weighted by Crippen LogP contribution is 2.32. The molecule has 0 spiro atoms. The van der Waals surface area contributed by atoms with Gasteiger partial charge in [0.25, 0.3) is 5.92 Å². The van der Waals surface area contributed by atoms with E-state index < -0.39 is 5.92 Å². The van der Waals surface area contributed by atoms with E-state index in [2.05, 4.69) is 37.9 Å². The molecule has 1 fully saturated rings. The first-order valence-electron chi connectivity index (χ1n) is 3.88. The van der Waals surface area contributed by atoms with E-state index in [0.29, 0.717) is 5.82 Å². The zero-order chi connectivity index (χ0) is 9.47. The number of imidazole rings is 1. The van der Waals surface area contributed by atoms with Crippen LogP contribution < -0.4 is 5.32 Å². The number of hydrogen-bond acceptors (Lipinski definition) is 2. The summed E-state index contributed by atoms with van der Waals surface area (Å²) >= 11 is 2.06.